The van der Waals surface area contributed by atoms with Crippen molar-refractivity contribution in [2.75, 3.05) is 19.8 Å². The summed E-state index contributed by atoms with van der Waals surface area (Å²) in [5, 5.41) is 14.3. The summed E-state index contributed by atoms with van der Waals surface area (Å²) in [6.07, 6.45) is 1.88. The van der Waals surface area contributed by atoms with Gasteiger partial charge in [-0.05, 0) is 19.1 Å². The van der Waals surface area contributed by atoms with Crippen LogP contribution in [0.15, 0.2) is 24.4 Å². The van der Waals surface area contributed by atoms with Gasteiger partial charge >= 0.3 is 0 Å². The Morgan fingerprint density at radius 2 is 2.45 bits per heavy atom. The number of rotatable bonds is 3. The van der Waals surface area contributed by atoms with Crippen LogP contribution in [0.4, 0.5) is 0 Å². The Labute approximate surface area is 116 Å². The number of aromatic nitrogens is 3. The van der Waals surface area contributed by atoms with E-state index in [1.165, 1.54) is 0 Å². The first-order valence-electron chi connectivity index (χ1n) is 6.67. The van der Waals surface area contributed by atoms with E-state index in [4.69, 9.17) is 4.74 Å². The molecule has 0 saturated carbocycles. The highest BCUT2D eigenvalue weighted by Gasteiger charge is 2.24. The summed E-state index contributed by atoms with van der Waals surface area (Å²) >= 11 is 0. The molecule has 0 aromatic carbocycles. The van der Waals surface area contributed by atoms with Crippen molar-refractivity contribution in [2.45, 2.75) is 19.0 Å². The van der Waals surface area contributed by atoms with E-state index < -0.39 is 0 Å². The van der Waals surface area contributed by atoms with E-state index in [-0.39, 0.29) is 18.0 Å². The topological polar surface area (TPSA) is 80.5 Å². The summed E-state index contributed by atoms with van der Waals surface area (Å²) in [6, 6.07) is 5.17. The number of amides is 1. The van der Waals surface area contributed by atoms with Gasteiger partial charge < -0.3 is 15.4 Å². The number of morpholine rings is 1. The molecule has 20 heavy (non-hydrogen) atoms. The molecule has 0 radical (unpaired) electrons. The smallest absolute Gasteiger partial charge is 0.240 e. The zero-order valence-corrected chi connectivity index (χ0v) is 11.2. The van der Waals surface area contributed by atoms with Crippen LogP contribution in [-0.2, 0) is 9.53 Å². The maximum absolute atomic E-state index is 12.1. The van der Waals surface area contributed by atoms with Gasteiger partial charge in [0.25, 0.3) is 0 Å². The number of ether oxygens (including phenoxy) is 1. The summed E-state index contributed by atoms with van der Waals surface area (Å²) in [6.45, 7) is 3.64. The van der Waals surface area contributed by atoms with E-state index in [9.17, 15) is 4.79 Å². The van der Waals surface area contributed by atoms with Crippen LogP contribution in [0, 0.1) is 0 Å². The summed E-state index contributed by atoms with van der Waals surface area (Å²) in [5.74, 6) is 0.635. The van der Waals surface area contributed by atoms with Crippen molar-refractivity contribution in [2.24, 2.45) is 0 Å². The highest BCUT2D eigenvalue weighted by Crippen LogP contribution is 2.12. The summed E-state index contributed by atoms with van der Waals surface area (Å²) in [4.78, 5) is 12.1. The lowest BCUT2D eigenvalue weighted by Crippen LogP contribution is -2.51. The fourth-order valence-corrected chi connectivity index (χ4v) is 2.27. The van der Waals surface area contributed by atoms with E-state index in [1.54, 1.807) is 0 Å². The molecule has 0 bridgehead atoms. The molecule has 2 aromatic rings. The lowest BCUT2D eigenvalue weighted by molar-refractivity contribution is -0.126. The molecule has 1 amide bonds. The van der Waals surface area contributed by atoms with Gasteiger partial charge in [-0.2, -0.15) is 0 Å². The first-order chi connectivity index (χ1) is 9.75. The highest BCUT2D eigenvalue weighted by molar-refractivity contribution is 5.82. The second-order valence-electron chi connectivity index (χ2n) is 4.80. The van der Waals surface area contributed by atoms with Gasteiger partial charge in [0.15, 0.2) is 11.5 Å². The second-order valence-corrected chi connectivity index (χ2v) is 4.80. The van der Waals surface area contributed by atoms with Gasteiger partial charge in [0, 0.05) is 12.7 Å². The minimum Gasteiger partial charge on any atom is -0.378 e. The Kier molecular flexibility index (Phi) is 3.62. The van der Waals surface area contributed by atoms with Crippen LogP contribution in [0.2, 0.25) is 0 Å². The normalized spacial score (nSPS) is 20.8. The number of nitrogens with zero attached hydrogens (tertiary/aromatic N) is 3. The van der Waals surface area contributed by atoms with E-state index in [0.29, 0.717) is 25.6 Å². The van der Waals surface area contributed by atoms with Crippen molar-refractivity contribution in [1.29, 1.82) is 0 Å². The first-order valence-corrected chi connectivity index (χ1v) is 6.67. The molecule has 2 atom stereocenters. The molecule has 106 valence electrons. The minimum absolute atomic E-state index is 0.0788. The largest absolute Gasteiger partial charge is 0.378 e. The quantitative estimate of drug-likeness (QED) is 0.817. The molecule has 7 heteroatoms. The molecule has 7 nitrogen and oxygen atoms in total. The molecule has 3 heterocycles. The molecule has 1 saturated heterocycles. The molecule has 2 unspecified atom stereocenters. The van der Waals surface area contributed by atoms with Crippen molar-refractivity contribution < 1.29 is 9.53 Å². The van der Waals surface area contributed by atoms with Gasteiger partial charge in [0.2, 0.25) is 5.91 Å². The van der Waals surface area contributed by atoms with Gasteiger partial charge in [-0.25, -0.2) is 0 Å². The van der Waals surface area contributed by atoms with Crippen LogP contribution in [0.1, 0.15) is 18.8 Å². The maximum atomic E-state index is 12.1. The zero-order valence-electron chi connectivity index (χ0n) is 11.2. The Bertz CT molecular complexity index is 606. The summed E-state index contributed by atoms with van der Waals surface area (Å²) < 4.78 is 7.16. The van der Waals surface area contributed by atoms with Crippen molar-refractivity contribution >= 4 is 11.6 Å². The summed E-state index contributed by atoms with van der Waals surface area (Å²) in [7, 11) is 0. The maximum Gasteiger partial charge on any atom is 0.240 e. The van der Waals surface area contributed by atoms with Gasteiger partial charge in [0.05, 0.1) is 19.3 Å². The first kappa shape index (κ1) is 13.0. The van der Waals surface area contributed by atoms with E-state index in [2.05, 4.69) is 20.8 Å². The lowest BCUT2D eigenvalue weighted by atomic mass is 10.2. The fraction of sp³-hybridized carbons (Fsp3) is 0.462. The van der Waals surface area contributed by atoms with Crippen LogP contribution in [0.3, 0.4) is 0 Å². The standard InChI is InChI=1S/C13H17N5O2/c1-9(15-13(19)10-8-20-7-5-14-10)12-17-16-11-4-2-3-6-18(11)12/h2-4,6,9-10,14H,5,7-8H2,1H3,(H,15,19). The highest BCUT2D eigenvalue weighted by atomic mass is 16.5. The van der Waals surface area contributed by atoms with E-state index in [0.717, 1.165) is 5.65 Å². The molecule has 1 aliphatic heterocycles. The van der Waals surface area contributed by atoms with Gasteiger partial charge in [-0.1, -0.05) is 6.07 Å². The summed E-state index contributed by atoms with van der Waals surface area (Å²) in [5.41, 5.74) is 0.766. The average Bonchev–Trinajstić information content (AvgIpc) is 2.92. The van der Waals surface area contributed by atoms with Crippen molar-refractivity contribution in [3.8, 4) is 0 Å². The third-order valence-corrected chi connectivity index (χ3v) is 3.32. The third-order valence-electron chi connectivity index (χ3n) is 3.32. The molecule has 2 aromatic heterocycles. The molecule has 0 aliphatic carbocycles. The number of fused-ring (bicyclic) bond motifs is 1. The molecular weight excluding hydrogens is 258 g/mol. The SMILES string of the molecule is CC(NC(=O)C1COCCN1)c1nnc2ccccn12. The second kappa shape index (κ2) is 5.56. The van der Waals surface area contributed by atoms with Crippen LogP contribution in [-0.4, -0.2) is 46.3 Å². The van der Waals surface area contributed by atoms with Crippen LogP contribution >= 0.6 is 0 Å². The monoisotopic (exact) mass is 275 g/mol. The third kappa shape index (κ3) is 2.50. The molecule has 2 N–H and O–H groups in total. The lowest BCUT2D eigenvalue weighted by Gasteiger charge is -2.24. The fourth-order valence-electron chi connectivity index (χ4n) is 2.27. The molecular formula is C13H17N5O2. The van der Waals surface area contributed by atoms with Gasteiger partial charge in [-0.3, -0.25) is 9.20 Å². The van der Waals surface area contributed by atoms with Gasteiger partial charge in [0.1, 0.15) is 6.04 Å². The number of hydrogen-bond donors (Lipinski definition) is 2. The molecule has 1 fully saturated rings. The molecule has 1 aliphatic rings. The van der Waals surface area contributed by atoms with Crippen molar-refractivity contribution in [1.82, 2.24) is 25.2 Å². The van der Waals surface area contributed by atoms with Crippen LogP contribution in [0.25, 0.3) is 5.65 Å². The Hall–Kier alpha value is -1.99. The van der Waals surface area contributed by atoms with Gasteiger partial charge in [-0.15, -0.1) is 10.2 Å². The van der Waals surface area contributed by atoms with Crippen molar-refractivity contribution in [3.05, 3.63) is 30.2 Å². The number of carbonyl (C=O) groups excluding carboxylic acids is 1. The zero-order chi connectivity index (χ0) is 13.9. The van der Waals surface area contributed by atoms with Crippen LogP contribution in [0.5, 0.6) is 0 Å². The molecule has 3 rings (SSSR count). The Morgan fingerprint density at radius 3 is 3.25 bits per heavy atom. The van der Waals surface area contributed by atoms with Crippen LogP contribution < -0.4 is 10.6 Å². The number of pyridine rings is 1. The minimum atomic E-state index is -0.301. The van der Waals surface area contributed by atoms with E-state index in [1.807, 2.05) is 35.7 Å². The average molecular weight is 275 g/mol. The predicted molar refractivity (Wildman–Crippen MR) is 72.2 cm³/mol. The molecule has 0 spiro atoms. The van der Waals surface area contributed by atoms with Crippen molar-refractivity contribution in [3.63, 3.8) is 0 Å². The number of carbonyl (C=O) groups is 1. The Balaban J connectivity index is 1.72. The van der Waals surface area contributed by atoms with E-state index >= 15 is 0 Å². The Morgan fingerprint density at radius 1 is 1.55 bits per heavy atom. The predicted octanol–water partition coefficient (Wildman–Crippen LogP) is -0.105. The number of nitrogens with one attached hydrogen (secondary N) is 2. The number of hydrogen-bond acceptors (Lipinski definition) is 5.